The van der Waals surface area contributed by atoms with Gasteiger partial charge in [-0.05, 0) is 35.7 Å². The van der Waals surface area contributed by atoms with Crippen LogP contribution in [0.4, 0.5) is 0 Å². The van der Waals surface area contributed by atoms with Crippen molar-refractivity contribution in [1.29, 1.82) is 0 Å². The summed E-state index contributed by atoms with van der Waals surface area (Å²) in [5.41, 5.74) is 9.98. The van der Waals surface area contributed by atoms with Gasteiger partial charge in [0.05, 0.1) is 0 Å². The number of rotatable bonds is 2. The number of benzene rings is 2. The molecule has 0 unspecified atom stereocenters. The molecule has 0 saturated carbocycles. The van der Waals surface area contributed by atoms with Crippen molar-refractivity contribution in [3.05, 3.63) is 57.6 Å². The van der Waals surface area contributed by atoms with Crippen LogP contribution < -0.4 is 5.73 Å². The third-order valence-corrected chi connectivity index (χ3v) is 3.25. The fourth-order valence-electron chi connectivity index (χ4n) is 1.88. The Hall–Kier alpha value is -1.02. The summed E-state index contributed by atoms with van der Waals surface area (Å²) in [6, 6.07) is 11.8. The lowest BCUT2D eigenvalue weighted by Crippen LogP contribution is -2.00. The lowest BCUT2D eigenvalue weighted by Gasteiger charge is -2.11. The van der Waals surface area contributed by atoms with E-state index in [9.17, 15) is 0 Å². The average molecular weight is 266 g/mol. The Morgan fingerprint density at radius 2 is 1.88 bits per heavy atom. The molecule has 2 aromatic carbocycles. The summed E-state index contributed by atoms with van der Waals surface area (Å²) in [5, 5.41) is 1.25. The van der Waals surface area contributed by atoms with Crippen molar-refractivity contribution < 1.29 is 0 Å². The third kappa shape index (κ3) is 2.63. The van der Waals surface area contributed by atoms with Gasteiger partial charge in [-0.15, -0.1) is 0 Å². The van der Waals surface area contributed by atoms with E-state index in [0.29, 0.717) is 16.6 Å². The van der Waals surface area contributed by atoms with Gasteiger partial charge in [-0.2, -0.15) is 0 Å². The second-order valence-corrected chi connectivity index (χ2v) is 4.83. The van der Waals surface area contributed by atoms with Gasteiger partial charge in [0.1, 0.15) is 0 Å². The van der Waals surface area contributed by atoms with Crippen LogP contribution in [0.25, 0.3) is 11.1 Å². The van der Waals surface area contributed by atoms with Crippen molar-refractivity contribution >= 4 is 23.2 Å². The van der Waals surface area contributed by atoms with E-state index in [1.165, 1.54) is 5.56 Å². The van der Waals surface area contributed by atoms with E-state index < -0.39 is 0 Å². The standard InChI is InChI=1S/C14H13Cl2N/c1-9-3-2-4-10(5-9)12-6-11(15)7-14(16)13(12)8-17/h2-7H,8,17H2,1H3. The van der Waals surface area contributed by atoms with Gasteiger partial charge in [0.25, 0.3) is 0 Å². The zero-order valence-corrected chi connectivity index (χ0v) is 11.0. The summed E-state index contributed by atoms with van der Waals surface area (Å²) in [6.07, 6.45) is 0. The quantitative estimate of drug-likeness (QED) is 0.855. The molecular formula is C14H13Cl2N. The predicted molar refractivity (Wildman–Crippen MR) is 74.5 cm³/mol. The van der Waals surface area contributed by atoms with Crippen LogP contribution in [0.3, 0.4) is 0 Å². The summed E-state index contributed by atoms with van der Waals surface area (Å²) in [4.78, 5) is 0. The molecule has 0 heterocycles. The molecule has 1 nitrogen and oxygen atoms in total. The molecule has 88 valence electrons. The van der Waals surface area contributed by atoms with Crippen molar-refractivity contribution in [2.75, 3.05) is 0 Å². The van der Waals surface area contributed by atoms with Crippen molar-refractivity contribution in [3.63, 3.8) is 0 Å². The number of hydrogen-bond donors (Lipinski definition) is 1. The highest BCUT2D eigenvalue weighted by atomic mass is 35.5. The average Bonchev–Trinajstić information content (AvgIpc) is 2.28. The fraction of sp³-hybridized carbons (Fsp3) is 0.143. The summed E-state index contributed by atoms with van der Waals surface area (Å²) in [7, 11) is 0. The van der Waals surface area contributed by atoms with E-state index in [1.807, 2.05) is 18.2 Å². The molecule has 0 saturated heterocycles. The van der Waals surface area contributed by atoms with Crippen molar-refractivity contribution in [3.8, 4) is 11.1 Å². The Kier molecular flexibility index (Phi) is 3.72. The van der Waals surface area contributed by atoms with E-state index >= 15 is 0 Å². The van der Waals surface area contributed by atoms with Gasteiger partial charge in [-0.25, -0.2) is 0 Å². The molecule has 17 heavy (non-hydrogen) atoms. The first-order valence-corrected chi connectivity index (χ1v) is 6.12. The van der Waals surface area contributed by atoms with E-state index in [-0.39, 0.29) is 0 Å². The lowest BCUT2D eigenvalue weighted by atomic mass is 9.98. The van der Waals surface area contributed by atoms with E-state index in [2.05, 4.69) is 19.1 Å². The Bertz CT molecular complexity index is 550. The van der Waals surface area contributed by atoms with Crippen molar-refractivity contribution in [2.45, 2.75) is 13.5 Å². The summed E-state index contributed by atoms with van der Waals surface area (Å²) in [6.45, 7) is 2.46. The van der Waals surface area contributed by atoms with Crippen LogP contribution in [0.2, 0.25) is 10.0 Å². The van der Waals surface area contributed by atoms with Crippen LogP contribution >= 0.6 is 23.2 Å². The van der Waals surface area contributed by atoms with Gasteiger partial charge in [0, 0.05) is 16.6 Å². The molecule has 0 aliphatic heterocycles. The number of halogens is 2. The maximum Gasteiger partial charge on any atom is 0.0471 e. The Balaban J connectivity index is 2.65. The number of nitrogens with two attached hydrogens (primary N) is 1. The number of aryl methyl sites for hydroxylation is 1. The molecule has 0 radical (unpaired) electrons. The molecule has 2 rings (SSSR count). The van der Waals surface area contributed by atoms with Gasteiger partial charge < -0.3 is 5.73 Å². The Labute approximate surface area is 111 Å². The van der Waals surface area contributed by atoms with Gasteiger partial charge in [-0.1, -0.05) is 53.0 Å². The summed E-state index contributed by atoms with van der Waals surface area (Å²) < 4.78 is 0. The highest BCUT2D eigenvalue weighted by molar-refractivity contribution is 6.35. The van der Waals surface area contributed by atoms with Gasteiger partial charge in [0.15, 0.2) is 0 Å². The first kappa shape index (κ1) is 12.4. The van der Waals surface area contributed by atoms with Crippen LogP contribution in [0.5, 0.6) is 0 Å². The van der Waals surface area contributed by atoms with Crippen LogP contribution in [0.1, 0.15) is 11.1 Å². The van der Waals surface area contributed by atoms with Crippen LogP contribution in [0.15, 0.2) is 36.4 Å². The van der Waals surface area contributed by atoms with Gasteiger partial charge in [0.2, 0.25) is 0 Å². The third-order valence-electron chi connectivity index (χ3n) is 2.69. The largest absolute Gasteiger partial charge is 0.326 e. The van der Waals surface area contributed by atoms with Crippen molar-refractivity contribution in [2.24, 2.45) is 5.73 Å². The molecular weight excluding hydrogens is 253 g/mol. The molecule has 3 heteroatoms. The highest BCUT2D eigenvalue weighted by Crippen LogP contribution is 2.32. The molecule has 2 aromatic rings. The highest BCUT2D eigenvalue weighted by Gasteiger charge is 2.09. The van der Waals surface area contributed by atoms with Crippen LogP contribution in [-0.4, -0.2) is 0 Å². The second-order valence-electron chi connectivity index (χ2n) is 3.99. The van der Waals surface area contributed by atoms with Crippen LogP contribution in [-0.2, 0) is 6.54 Å². The van der Waals surface area contributed by atoms with E-state index in [1.54, 1.807) is 6.07 Å². The summed E-state index contributed by atoms with van der Waals surface area (Å²) in [5.74, 6) is 0. The first-order chi connectivity index (χ1) is 8.11. The second kappa shape index (κ2) is 5.09. The minimum atomic E-state index is 0.402. The molecule has 2 N–H and O–H groups in total. The maximum atomic E-state index is 6.16. The minimum Gasteiger partial charge on any atom is -0.326 e. The van der Waals surface area contributed by atoms with Crippen molar-refractivity contribution in [1.82, 2.24) is 0 Å². The smallest absolute Gasteiger partial charge is 0.0471 e. The first-order valence-electron chi connectivity index (χ1n) is 5.37. The molecule has 0 atom stereocenters. The molecule has 0 bridgehead atoms. The van der Waals surface area contributed by atoms with E-state index in [4.69, 9.17) is 28.9 Å². The molecule has 0 aromatic heterocycles. The molecule has 0 aliphatic carbocycles. The lowest BCUT2D eigenvalue weighted by molar-refractivity contribution is 1.07. The van der Waals surface area contributed by atoms with Gasteiger partial charge in [-0.3, -0.25) is 0 Å². The minimum absolute atomic E-state index is 0.402. The molecule has 0 fully saturated rings. The van der Waals surface area contributed by atoms with Crippen LogP contribution in [0, 0.1) is 6.92 Å². The fourth-order valence-corrected chi connectivity index (χ4v) is 2.45. The number of hydrogen-bond acceptors (Lipinski definition) is 1. The zero-order valence-electron chi connectivity index (χ0n) is 9.50. The SMILES string of the molecule is Cc1cccc(-c2cc(Cl)cc(Cl)c2CN)c1. The predicted octanol–water partition coefficient (Wildman–Crippen LogP) is 4.43. The Morgan fingerprint density at radius 3 is 2.53 bits per heavy atom. The van der Waals surface area contributed by atoms with E-state index in [0.717, 1.165) is 16.7 Å². The zero-order chi connectivity index (χ0) is 12.4. The normalized spacial score (nSPS) is 10.6. The van der Waals surface area contributed by atoms with Gasteiger partial charge >= 0.3 is 0 Å². The Morgan fingerprint density at radius 1 is 1.12 bits per heavy atom. The topological polar surface area (TPSA) is 26.0 Å². The molecule has 0 aliphatic rings. The molecule has 0 spiro atoms. The maximum absolute atomic E-state index is 6.16. The monoisotopic (exact) mass is 265 g/mol. The molecule has 0 amide bonds. The summed E-state index contributed by atoms with van der Waals surface area (Å²) >= 11 is 12.2.